The fourth-order valence-corrected chi connectivity index (χ4v) is 4.90. The number of halogens is 3. The topological polar surface area (TPSA) is 34.1 Å². The van der Waals surface area contributed by atoms with Gasteiger partial charge in [0.25, 0.3) is 0 Å². The number of nitrogens with one attached hydrogen (secondary N) is 1. The summed E-state index contributed by atoms with van der Waals surface area (Å²) in [6, 6.07) is 16.0. The maximum atomic E-state index is 14.2. The van der Waals surface area contributed by atoms with Crippen molar-refractivity contribution in [1.29, 1.82) is 0 Å². The summed E-state index contributed by atoms with van der Waals surface area (Å²) < 4.78 is 48.0. The van der Waals surface area contributed by atoms with Crippen LogP contribution in [0.5, 0.6) is 5.88 Å². The van der Waals surface area contributed by atoms with Crippen LogP contribution < -0.4 is 10.1 Å². The Balaban J connectivity index is 1.35. The molecule has 1 atom stereocenters. The summed E-state index contributed by atoms with van der Waals surface area (Å²) in [7, 11) is 0. The van der Waals surface area contributed by atoms with Gasteiger partial charge in [-0.05, 0) is 41.2 Å². The van der Waals surface area contributed by atoms with Crippen LogP contribution in [0.2, 0.25) is 0 Å². The second-order valence-electron chi connectivity index (χ2n) is 9.53. The van der Waals surface area contributed by atoms with E-state index in [-0.39, 0.29) is 11.4 Å². The van der Waals surface area contributed by atoms with E-state index in [2.05, 4.69) is 17.2 Å². The van der Waals surface area contributed by atoms with Crippen LogP contribution in [-0.4, -0.2) is 17.7 Å². The zero-order chi connectivity index (χ0) is 25.4. The van der Waals surface area contributed by atoms with Gasteiger partial charge in [0.2, 0.25) is 12.0 Å². The number of ether oxygens (including phenoxy) is 1. The monoisotopic (exact) mass is 496 g/mol. The molecule has 6 heteroatoms. The van der Waals surface area contributed by atoms with Gasteiger partial charge in [0.05, 0.1) is 11.9 Å². The lowest BCUT2D eigenvalue weighted by molar-refractivity contribution is -0.198. The average molecular weight is 497 g/mol. The van der Waals surface area contributed by atoms with Crippen molar-refractivity contribution in [1.82, 2.24) is 4.98 Å². The fourth-order valence-electron chi connectivity index (χ4n) is 4.90. The predicted molar refractivity (Wildman–Crippen MR) is 139 cm³/mol. The average Bonchev–Trinajstić information content (AvgIpc) is 3.25. The van der Waals surface area contributed by atoms with Gasteiger partial charge < -0.3 is 10.1 Å². The number of rotatable bonds is 13. The largest absolute Gasteiger partial charge is 0.460 e. The zero-order valence-corrected chi connectivity index (χ0v) is 20.9. The summed E-state index contributed by atoms with van der Waals surface area (Å²) in [4.78, 5) is 4.16. The van der Waals surface area contributed by atoms with Crippen LogP contribution in [-0.2, 0) is 6.42 Å². The van der Waals surface area contributed by atoms with Crippen molar-refractivity contribution in [3.8, 4) is 17.0 Å². The first-order valence-corrected chi connectivity index (χ1v) is 13.1. The number of nitrogens with zero attached hydrogens (tertiary/aromatic N) is 1. The lowest BCUT2D eigenvalue weighted by atomic mass is 9.97. The van der Waals surface area contributed by atoms with Gasteiger partial charge in [0, 0.05) is 18.2 Å². The molecule has 1 aromatic heterocycles. The molecule has 36 heavy (non-hydrogen) atoms. The maximum Gasteiger partial charge on any atom is 0.429 e. The second kappa shape index (κ2) is 12.3. The summed E-state index contributed by atoms with van der Waals surface area (Å²) in [5.74, 6) is -0.0388. The molecule has 2 aromatic carbocycles. The molecule has 4 rings (SSSR count). The van der Waals surface area contributed by atoms with Crippen molar-refractivity contribution in [2.45, 2.75) is 77.0 Å². The number of hydrogen-bond acceptors (Lipinski definition) is 3. The molecule has 1 heterocycles. The molecular weight excluding hydrogens is 461 g/mol. The Kier molecular flexibility index (Phi) is 8.89. The minimum Gasteiger partial charge on any atom is -0.460 e. The Morgan fingerprint density at radius 2 is 1.58 bits per heavy atom. The molecule has 3 aromatic rings. The van der Waals surface area contributed by atoms with Crippen LogP contribution in [0.1, 0.15) is 81.1 Å². The van der Waals surface area contributed by atoms with E-state index in [1.54, 1.807) is 18.3 Å². The first kappa shape index (κ1) is 26.1. The minimum absolute atomic E-state index is 0.0388. The third kappa shape index (κ3) is 6.59. The molecule has 0 fully saturated rings. The van der Waals surface area contributed by atoms with E-state index in [9.17, 15) is 13.2 Å². The normalized spacial score (nSPS) is 13.2. The highest BCUT2D eigenvalue weighted by atomic mass is 19.4. The van der Waals surface area contributed by atoms with Gasteiger partial charge in [-0.3, -0.25) is 0 Å². The molecule has 1 N–H and O–H groups in total. The highest BCUT2D eigenvalue weighted by Gasteiger charge is 2.45. The molecule has 0 aliphatic heterocycles. The molecule has 192 valence electrons. The summed E-state index contributed by atoms with van der Waals surface area (Å²) >= 11 is 0. The van der Waals surface area contributed by atoms with Crippen LogP contribution in [0.25, 0.3) is 11.1 Å². The van der Waals surface area contributed by atoms with E-state index in [0.717, 1.165) is 35.3 Å². The molecule has 3 nitrogen and oxygen atoms in total. The van der Waals surface area contributed by atoms with Crippen LogP contribution in [0.15, 0.2) is 60.8 Å². The summed E-state index contributed by atoms with van der Waals surface area (Å²) in [6.07, 6.45) is 5.33. The Hall–Kier alpha value is -3.02. The lowest BCUT2D eigenvalue weighted by Crippen LogP contribution is -2.27. The van der Waals surface area contributed by atoms with Gasteiger partial charge >= 0.3 is 6.18 Å². The Morgan fingerprint density at radius 3 is 2.31 bits per heavy atom. The first-order valence-electron chi connectivity index (χ1n) is 13.1. The number of unbranched alkanes of at least 4 members (excludes halogenated alkanes) is 7. The smallest absolute Gasteiger partial charge is 0.429 e. The third-order valence-corrected chi connectivity index (χ3v) is 6.80. The molecular formula is C30H35F3N2O. The summed E-state index contributed by atoms with van der Waals surface area (Å²) in [6.45, 7) is 3.04. The van der Waals surface area contributed by atoms with Crippen LogP contribution in [0.4, 0.5) is 18.9 Å². The van der Waals surface area contributed by atoms with E-state index in [1.165, 1.54) is 57.1 Å². The summed E-state index contributed by atoms with van der Waals surface area (Å²) in [5, 5.41) is 3.30. The molecule has 0 amide bonds. The molecule has 1 aliphatic rings. The Morgan fingerprint density at radius 1 is 0.861 bits per heavy atom. The molecule has 0 saturated carbocycles. The second-order valence-corrected chi connectivity index (χ2v) is 9.53. The molecule has 1 aliphatic carbocycles. The Labute approximate surface area is 212 Å². The van der Waals surface area contributed by atoms with Crippen LogP contribution >= 0.6 is 0 Å². The Bertz CT molecular complexity index is 1110. The maximum absolute atomic E-state index is 14.2. The fraction of sp³-hybridized carbons (Fsp3) is 0.433. The number of anilines is 1. The molecule has 0 spiro atoms. The molecule has 0 radical (unpaired) electrons. The number of aromatic nitrogens is 1. The van der Waals surface area contributed by atoms with Gasteiger partial charge in [-0.15, -0.1) is 0 Å². The van der Waals surface area contributed by atoms with Crippen molar-refractivity contribution in [2.75, 3.05) is 11.9 Å². The van der Waals surface area contributed by atoms with Gasteiger partial charge in [-0.2, -0.15) is 13.2 Å². The highest BCUT2D eigenvalue weighted by molar-refractivity contribution is 5.78. The standard InChI is InChI=1S/C30H35F3N2O/c1-2-3-4-5-6-7-8-11-19-34-23-17-18-28(35-21-23)36-29(30(31,32)33)26-16-12-15-25-24-14-10-9-13-22(24)20-27(25)26/h9-10,12-18,21,29,34H,2-8,11,19-20H2,1H3. The number of benzene rings is 2. The van der Waals surface area contributed by atoms with E-state index in [0.29, 0.717) is 12.0 Å². The highest BCUT2D eigenvalue weighted by Crippen LogP contribution is 2.44. The number of pyridine rings is 1. The van der Waals surface area contributed by atoms with E-state index >= 15 is 0 Å². The van der Waals surface area contributed by atoms with Crippen molar-refractivity contribution in [3.63, 3.8) is 0 Å². The first-order chi connectivity index (χ1) is 17.5. The van der Waals surface area contributed by atoms with Gasteiger partial charge in [0.1, 0.15) is 0 Å². The molecule has 0 bridgehead atoms. The van der Waals surface area contributed by atoms with Gasteiger partial charge in [-0.1, -0.05) is 94.3 Å². The quantitative estimate of drug-likeness (QED) is 0.188. The van der Waals surface area contributed by atoms with Gasteiger partial charge in [-0.25, -0.2) is 4.98 Å². The number of hydrogen-bond donors (Lipinski definition) is 1. The lowest BCUT2D eigenvalue weighted by Gasteiger charge is -2.24. The number of fused-ring (bicyclic) bond motifs is 3. The molecule has 1 unspecified atom stereocenters. The van der Waals surface area contributed by atoms with Crippen molar-refractivity contribution in [3.05, 3.63) is 77.5 Å². The van der Waals surface area contributed by atoms with Crippen molar-refractivity contribution in [2.24, 2.45) is 0 Å². The zero-order valence-electron chi connectivity index (χ0n) is 20.9. The van der Waals surface area contributed by atoms with Crippen molar-refractivity contribution < 1.29 is 17.9 Å². The van der Waals surface area contributed by atoms with Crippen LogP contribution in [0, 0.1) is 0 Å². The van der Waals surface area contributed by atoms with E-state index < -0.39 is 12.3 Å². The number of alkyl halides is 3. The minimum atomic E-state index is -4.57. The third-order valence-electron chi connectivity index (χ3n) is 6.80. The summed E-state index contributed by atoms with van der Waals surface area (Å²) in [5.41, 5.74) is 4.46. The van der Waals surface area contributed by atoms with E-state index in [4.69, 9.17) is 4.74 Å². The molecule has 0 saturated heterocycles. The van der Waals surface area contributed by atoms with Crippen LogP contribution in [0.3, 0.4) is 0 Å². The van der Waals surface area contributed by atoms with Gasteiger partial charge in [0.15, 0.2) is 0 Å². The predicted octanol–water partition coefficient (Wildman–Crippen LogP) is 8.89. The van der Waals surface area contributed by atoms with Crippen molar-refractivity contribution >= 4 is 5.69 Å². The SMILES string of the molecule is CCCCCCCCCCNc1ccc(OC(c2cccc3c2Cc2ccccc2-3)C(F)(F)F)nc1. The van der Waals surface area contributed by atoms with E-state index in [1.807, 2.05) is 30.3 Å².